The topological polar surface area (TPSA) is 58.6 Å². The van der Waals surface area contributed by atoms with Gasteiger partial charge in [-0.15, -0.1) is 0 Å². The Morgan fingerprint density at radius 2 is 1.82 bits per heavy atom. The van der Waals surface area contributed by atoms with Crippen LogP contribution >= 0.6 is 0 Å². The number of Topliss-reactive ketones (excluding diaryl/α,β-unsaturated/α-hetero) is 1. The van der Waals surface area contributed by atoms with E-state index in [1.807, 2.05) is 53.4 Å². The van der Waals surface area contributed by atoms with Crippen LogP contribution < -0.4 is 15.0 Å². The second kappa shape index (κ2) is 11.2. The van der Waals surface area contributed by atoms with E-state index in [4.69, 9.17) is 4.74 Å². The largest absolute Gasteiger partial charge is 0.497 e. The Bertz CT molecular complexity index is 1350. The van der Waals surface area contributed by atoms with E-state index in [9.17, 15) is 14.0 Å². The first-order valence-electron chi connectivity index (χ1n) is 13.3. The minimum Gasteiger partial charge on any atom is -0.497 e. The molecule has 6 heteroatoms. The van der Waals surface area contributed by atoms with Gasteiger partial charge in [0.25, 0.3) is 0 Å². The number of allylic oxidation sites excluding steroid dienone is 1. The fraction of sp³-hybridized carbons (Fsp3) is 0.312. The molecule has 5 rings (SSSR count). The second-order valence-corrected chi connectivity index (χ2v) is 10.0. The van der Waals surface area contributed by atoms with Crippen LogP contribution in [0.5, 0.6) is 5.75 Å². The summed E-state index contributed by atoms with van der Waals surface area (Å²) in [4.78, 5) is 29.8. The quantitative estimate of drug-likeness (QED) is 0.341. The van der Waals surface area contributed by atoms with Crippen molar-refractivity contribution in [3.05, 3.63) is 102 Å². The summed E-state index contributed by atoms with van der Waals surface area (Å²) in [5.74, 6) is -0.373. The number of rotatable bonds is 7. The van der Waals surface area contributed by atoms with Crippen molar-refractivity contribution in [2.45, 2.75) is 51.0 Å². The number of carbonyl (C=O) groups excluding carboxylic acids is 2. The minimum atomic E-state index is -0.582. The number of methoxy groups -OCH3 is 1. The van der Waals surface area contributed by atoms with Gasteiger partial charge in [-0.1, -0.05) is 62.2 Å². The second-order valence-electron chi connectivity index (χ2n) is 10.0. The average Bonchev–Trinajstić information content (AvgIpc) is 3.08. The lowest BCUT2D eigenvalue weighted by atomic mass is 9.76. The van der Waals surface area contributed by atoms with Crippen molar-refractivity contribution in [2.75, 3.05) is 17.3 Å². The summed E-state index contributed by atoms with van der Waals surface area (Å²) in [6, 6.07) is 21.2. The van der Waals surface area contributed by atoms with Gasteiger partial charge >= 0.3 is 0 Å². The monoisotopic (exact) mass is 512 g/mol. The highest BCUT2D eigenvalue weighted by molar-refractivity contribution is 6.01. The minimum absolute atomic E-state index is 0.00442. The maximum atomic E-state index is 14.0. The van der Waals surface area contributed by atoms with Crippen LogP contribution in [0, 0.1) is 11.7 Å². The highest BCUT2D eigenvalue weighted by Crippen LogP contribution is 2.48. The first-order chi connectivity index (χ1) is 18.5. The van der Waals surface area contributed by atoms with E-state index in [0.29, 0.717) is 12.2 Å². The Kier molecular flexibility index (Phi) is 7.59. The summed E-state index contributed by atoms with van der Waals surface area (Å²) in [5.41, 5.74) is 4.03. The zero-order chi connectivity index (χ0) is 26.6. The predicted molar refractivity (Wildman–Crippen MR) is 148 cm³/mol. The van der Waals surface area contributed by atoms with Crippen LogP contribution in [0.4, 0.5) is 15.8 Å². The number of ether oxygens (including phenoxy) is 1. The van der Waals surface area contributed by atoms with E-state index < -0.39 is 12.0 Å². The Morgan fingerprint density at radius 3 is 2.58 bits per heavy atom. The van der Waals surface area contributed by atoms with Crippen molar-refractivity contribution in [2.24, 2.45) is 5.92 Å². The molecule has 5 nitrogen and oxygen atoms in total. The number of ketones is 1. The smallest absolute Gasteiger partial charge is 0.227 e. The number of amides is 1. The maximum absolute atomic E-state index is 14.0. The van der Waals surface area contributed by atoms with Gasteiger partial charge in [0, 0.05) is 24.5 Å². The molecule has 0 bridgehead atoms. The molecular weight excluding hydrogens is 479 g/mol. The molecule has 196 valence electrons. The first kappa shape index (κ1) is 25.7. The number of nitrogens with zero attached hydrogens (tertiary/aromatic N) is 1. The van der Waals surface area contributed by atoms with E-state index in [1.165, 1.54) is 12.1 Å². The SMILES string of the molecule is CCCCCC(=O)N1c2ccccc2NC2=C[C@H](c3ccc(F)cc3)CC(=O)[C@H]2[C@@H]1c1cccc(OC)c1. The molecule has 0 radical (unpaired) electrons. The van der Waals surface area contributed by atoms with E-state index in [1.54, 1.807) is 19.2 Å². The molecule has 1 N–H and O–H groups in total. The van der Waals surface area contributed by atoms with Crippen molar-refractivity contribution in [3.8, 4) is 5.75 Å². The van der Waals surface area contributed by atoms with Crippen LogP contribution in [0.1, 0.15) is 62.1 Å². The predicted octanol–water partition coefficient (Wildman–Crippen LogP) is 7.17. The maximum Gasteiger partial charge on any atom is 0.227 e. The van der Waals surface area contributed by atoms with Gasteiger partial charge in [-0.3, -0.25) is 9.59 Å². The Hall–Kier alpha value is -3.93. The third-order valence-corrected chi connectivity index (χ3v) is 7.52. The van der Waals surface area contributed by atoms with Crippen LogP contribution in [-0.4, -0.2) is 18.8 Å². The molecule has 1 heterocycles. The molecule has 1 aliphatic carbocycles. The van der Waals surface area contributed by atoms with Gasteiger partial charge in [0.05, 0.1) is 30.4 Å². The number of fused-ring (bicyclic) bond motifs is 2. The van der Waals surface area contributed by atoms with Gasteiger partial charge in [0.1, 0.15) is 17.3 Å². The van der Waals surface area contributed by atoms with Gasteiger partial charge < -0.3 is 15.0 Å². The normalized spacial score (nSPS) is 20.5. The Balaban J connectivity index is 1.67. The van der Waals surface area contributed by atoms with Crippen molar-refractivity contribution >= 4 is 23.1 Å². The fourth-order valence-corrected chi connectivity index (χ4v) is 5.63. The van der Waals surface area contributed by atoms with Gasteiger partial charge in [-0.05, 0) is 53.9 Å². The first-order valence-corrected chi connectivity index (χ1v) is 13.3. The Labute approximate surface area is 223 Å². The van der Waals surface area contributed by atoms with Gasteiger partial charge in [-0.2, -0.15) is 0 Å². The molecule has 3 aromatic carbocycles. The summed E-state index contributed by atoms with van der Waals surface area (Å²) < 4.78 is 19.1. The van der Waals surface area contributed by atoms with Gasteiger partial charge in [0.2, 0.25) is 5.91 Å². The summed E-state index contributed by atoms with van der Waals surface area (Å²) in [5, 5.41) is 3.52. The molecule has 3 atom stereocenters. The molecule has 1 aliphatic heterocycles. The van der Waals surface area contributed by atoms with Crippen molar-refractivity contribution in [1.82, 2.24) is 0 Å². The molecule has 38 heavy (non-hydrogen) atoms. The fourth-order valence-electron chi connectivity index (χ4n) is 5.63. The third kappa shape index (κ3) is 5.08. The van der Waals surface area contributed by atoms with Gasteiger partial charge in [0.15, 0.2) is 0 Å². The molecular formula is C32H33FN2O3. The lowest BCUT2D eigenvalue weighted by Crippen LogP contribution is -2.42. The number of hydrogen-bond donors (Lipinski definition) is 1. The third-order valence-electron chi connectivity index (χ3n) is 7.52. The standard InChI is InChI=1S/C32H33FN2O3/c1-3-4-5-13-30(37)35-28-12-7-6-11-26(28)34-27-19-23(21-14-16-24(33)17-15-21)20-29(36)31(27)32(35)22-9-8-10-25(18-22)38-2/h6-12,14-19,23,31-32,34H,3-5,13,20H2,1-2H3/t23-,31-,32-/m0/s1. The molecule has 0 aromatic heterocycles. The van der Waals surface area contributed by atoms with E-state index >= 15 is 0 Å². The summed E-state index contributed by atoms with van der Waals surface area (Å²) >= 11 is 0. The van der Waals surface area contributed by atoms with E-state index in [-0.39, 0.29) is 29.8 Å². The van der Waals surface area contributed by atoms with Crippen molar-refractivity contribution in [3.63, 3.8) is 0 Å². The zero-order valence-corrected chi connectivity index (χ0v) is 21.8. The number of carbonyl (C=O) groups is 2. The molecule has 1 amide bonds. The van der Waals surface area contributed by atoms with Crippen LogP contribution in [0.2, 0.25) is 0 Å². The molecule has 0 saturated carbocycles. The highest BCUT2D eigenvalue weighted by atomic mass is 19.1. The van der Waals surface area contributed by atoms with E-state index in [2.05, 4.69) is 18.3 Å². The summed E-state index contributed by atoms with van der Waals surface area (Å²) in [6.45, 7) is 2.12. The number of unbranched alkanes of at least 4 members (excludes halogenated alkanes) is 2. The molecule has 3 aromatic rings. The van der Waals surface area contributed by atoms with Crippen LogP contribution in [0.25, 0.3) is 0 Å². The number of nitrogens with one attached hydrogen (secondary N) is 1. The molecule has 2 aliphatic rings. The number of para-hydroxylation sites is 2. The van der Waals surface area contributed by atoms with Gasteiger partial charge in [-0.25, -0.2) is 4.39 Å². The van der Waals surface area contributed by atoms with Crippen LogP contribution in [0.15, 0.2) is 84.6 Å². The lowest BCUT2D eigenvalue weighted by Gasteiger charge is -2.38. The zero-order valence-electron chi connectivity index (χ0n) is 21.8. The average molecular weight is 513 g/mol. The van der Waals surface area contributed by atoms with Crippen molar-refractivity contribution in [1.29, 1.82) is 0 Å². The van der Waals surface area contributed by atoms with Crippen LogP contribution in [0.3, 0.4) is 0 Å². The summed E-state index contributed by atoms with van der Waals surface area (Å²) in [7, 11) is 1.61. The van der Waals surface area contributed by atoms with Crippen molar-refractivity contribution < 1.29 is 18.7 Å². The molecule has 0 unspecified atom stereocenters. The molecule has 0 spiro atoms. The number of benzene rings is 3. The number of anilines is 2. The van der Waals surface area contributed by atoms with Crippen LogP contribution in [-0.2, 0) is 9.59 Å². The highest BCUT2D eigenvalue weighted by Gasteiger charge is 2.45. The summed E-state index contributed by atoms with van der Waals surface area (Å²) in [6.07, 6.45) is 5.53. The van der Waals surface area contributed by atoms with E-state index in [0.717, 1.165) is 47.5 Å². The number of halogens is 1. The molecule has 0 fully saturated rings. The molecule has 0 saturated heterocycles. The Morgan fingerprint density at radius 1 is 1.03 bits per heavy atom. The number of hydrogen-bond acceptors (Lipinski definition) is 4. The lowest BCUT2D eigenvalue weighted by molar-refractivity contribution is -0.123.